The summed E-state index contributed by atoms with van der Waals surface area (Å²) in [7, 11) is 0. The molecule has 8 heteroatoms. The molecule has 0 amide bonds. The van der Waals surface area contributed by atoms with Crippen LogP contribution in [0.5, 0.6) is 0 Å². The van der Waals surface area contributed by atoms with Crippen molar-refractivity contribution in [3.05, 3.63) is 46.1 Å². The van der Waals surface area contributed by atoms with Gasteiger partial charge in [-0.25, -0.2) is 4.98 Å². The van der Waals surface area contributed by atoms with Crippen molar-refractivity contribution in [2.45, 2.75) is 26.7 Å². The van der Waals surface area contributed by atoms with E-state index >= 15 is 0 Å². The summed E-state index contributed by atoms with van der Waals surface area (Å²) in [6.45, 7) is 8.79. The third kappa shape index (κ3) is 4.11. The minimum absolute atomic E-state index is 0.0345. The number of para-hydroxylation sites is 1. The number of nitro groups is 1. The molecule has 2 saturated heterocycles. The van der Waals surface area contributed by atoms with E-state index in [-0.39, 0.29) is 10.6 Å². The molecule has 0 unspecified atom stereocenters. The normalized spacial score (nSPS) is 18.2. The van der Waals surface area contributed by atoms with Gasteiger partial charge in [0.1, 0.15) is 5.69 Å². The topological polar surface area (TPSA) is 78.6 Å². The molecule has 0 atom stereocenters. The average molecular weight is 396 g/mol. The van der Waals surface area contributed by atoms with Gasteiger partial charge in [0.25, 0.3) is 0 Å². The molecular weight excluding hydrogens is 368 g/mol. The van der Waals surface area contributed by atoms with E-state index in [1.165, 1.54) is 5.69 Å². The highest BCUT2D eigenvalue weighted by atomic mass is 16.6. The summed E-state index contributed by atoms with van der Waals surface area (Å²) < 4.78 is 0. The molecule has 0 saturated carbocycles. The highest BCUT2D eigenvalue weighted by Crippen LogP contribution is 2.33. The van der Waals surface area contributed by atoms with Gasteiger partial charge in [-0.05, 0) is 37.8 Å². The summed E-state index contributed by atoms with van der Waals surface area (Å²) in [5.41, 5.74) is 1.66. The molecule has 0 aliphatic carbocycles. The van der Waals surface area contributed by atoms with Gasteiger partial charge in [0.15, 0.2) is 0 Å². The van der Waals surface area contributed by atoms with Crippen LogP contribution in [0, 0.1) is 23.0 Å². The number of piperidine rings is 1. The molecule has 0 spiro atoms. The lowest BCUT2D eigenvalue weighted by Crippen LogP contribution is -2.47. The van der Waals surface area contributed by atoms with Crippen LogP contribution in [-0.2, 0) is 0 Å². The third-order valence-corrected chi connectivity index (χ3v) is 5.98. The molecule has 2 aliphatic rings. The van der Waals surface area contributed by atoms with E-state index in [1.54, 1.807) is 6.92 Å². The van der Waals surface area contributed by atoms with Crippen LogP contribution in [0.1, 0.15) is 25.5 Å². The van der Waals surface area contributed by atoms with Crippen LogP contribution >= 0.6 is 0 Å². The van der Waals surface area contributed by atoms with Crippen molar-refractivity contribution in [2.24, 2.45) is 5.92 Å². The lowest BCUT2D eigenvalue weighted by Gasteiger charge is -2.37. The number of rotatable bonds is 4. The van der Waals surface area contributed by atoms with Crippen molar-refractivity contribution in [2.75, 3.05) is 54.0 Å². The molecule has 0 N–H and O–H groups in total. The van der Waals surface area contributed by atoms with Crippen LogP contribution in [0.2, 0.25) is 0 Å². The van der Waals surface area contributed by atoms with Crippen molar-refractivity contribution in [1.29, 1.82) is 0 Å². The minimum atomic E-state index is -0.337. The zero-order valence-corrected chi connectivity index (χ0v) is 17.1. The van der Waals surface area contributed by atoms with Crippen LogP contribution in [-0.4, -0.2) is 54.2 Å². The van der Waals surface area contributed by atoms with Gasteiger partial charge < -0.3 is 14.7 Å². The van der Waals surface area contributed by atoms with E-state index in [2.05, 4.69) is 33.8 Å². The van der Waals surface area contributed by atoms with E-state index in [0.29, 0.717) is 36.5 Å². The second kappa shape index (κ2) is 8.23. The number of piperazine rings is 1. The Morgan fingerprint density at radius 3 is 2.17 bits per heavy atom. The van der Waals surface area contributed by atoms with E-state index < -0.39 is 0 Å². The lowest BCUT2D eigenvalue weighted by atomic mass is 10.00. The number of aryl methyl sites for hydroxylation is 1. The van der Waals surface area contributed by atoms with Gasteiger partial charge in [0.05, 0.1) is 4.92 Å². The first-order valence-electron chi connectivity index (χ1n) is 10.4. The van der Waals surface area contributed by atoms with E-state index in [0.717, 1.165) is 39.0 Å². The fourth-order valence-electron chi connectivity index (χ4n) is 4.14. The van der Waals surface area contributed by atoms with Gasteiger partial charge in [-0.3, -0.25) is 10.1 Å². The van der Waals surface area contributed by atoms with E-state index in [1.807, 2.05) is 23.1 Å². The standard InChI is InChI=1S/C21H28N6O2/c1-16-8-10-26(11-9-16)21-22-17(2)19(27(28)29)20(23-21)25-14-12-24(13-15-25)18-6-4-3-5-7-18/h3-7,16H,8-15H2,1-2H3. The highest BCUT2D eigenvalue weighted by Gasteiger charge is 2.30. The summed E-state index contributed by atoms with van der Waals surface area (Å²) in [4.78, 5) is 27.2. The van der Waals surface area contributed by atoms with Crippen LogP contribution in [0.15, 0.2) is 30.3 Å². The van der Waals surface area contributed by atoms with Crippen molar-refractivity contribution in [3.63, 3.8) is 0 Å². The molecule has 29 heavy (non-hydrogen) atoms. The number of nitrogens with zero attached hydrogens (tertiary/aromatic N) is 6. The first kappa shape index (κ1) is 19.4. The van der Waals surface area contributed by atoms with E-state index in [4.69, 9.17) is 4.98 Å². The molecule has 2 aromatic rings. The Kier molecular flexibility index (Phi) is 5.51. The Morgan fingerprint density at radius 1 is 0.931 bits per heavy atom. The van der Waals surface area contributed by atoms with Gasteiger partial charge in [-0.15, -0.1) is 0 Å². The molecule has 2 fully saturated rings. The molecular formula is C21H28N6O2. The van der Waals surface area contributed by atoms with Crippen LogP contribution < -0.4 is 14.7 Å². The Bertz CT molecular complexity index is 859. The molecule has 1 aromatic carbocycles. The fraction of sp³-hybridized carbons (Fsp3) is 0.524. The smallest absolute Gasteiger partial charge is 0.332 e. The molecule has 154 valence electrons. The summed E-state index contributed by atoms with van der Waals surface area (Å²) in [5.74, 6) is 1.79. The van der Waals surface area contributed by atoms with Crippen molar-refractivity contribution in [3.8, 4) is 0 Å². The summed E-state index contributed by atoms with van der Waals surface area (Å²) >= 11 is 0. The maximum absolute atomic E-state index is 11.8. The van der Waals surface area contributed by atoms with Crippen LogP contribution in [0.3, 0.4) is 0 Å². The van der Waals surface area contributed by atoms with Crippen LogP contribution in [0.4, 0.5) is 23.1 Å². The van der Waals surface area contributed by atoms with Gasteiger partial charge in [0.2, 0.25) is 11.8 Å². The number of anilines is 3. The monoisotopic (exact) mass is 396 g/mol. The zero-order chi connectivity index (χ0) is 20.4. The Labute approximate surface area is 171 Å². The second-order valence-corrected chi connectivity index (χ2v) is 8.02. The Balaban J connectivity index is 1.58. The van der Waals surface area contributed by atoms with Gasteiger partial charge in [-0.1, -0.05) is 25.1 Å². The number of hydrogen-bond acceptors (Lipinski definition) is 7. The molecule has 4 rings (SSSR count). The number of aromatic nitrogens is 2. The number of benzene rings is 1. The molecule has 1 aromatic heterocycles. The first-order valence-corrected chi connectivity index (χ1v) is 10.4. The summed E-state index contributed by atoms with van der Waals surface area (Å²) in [6, 6.07) is 10.3. The maximum Gasteiger partial charge on any atom is 0.332 e. The summed E-state index contributed by atoms with van der Waals surface area (Å²) in [5, 5.41) is 11.8. The van der Waals surface area contributed by atoms with Crippen LogP contribution in [0.25, 0.3) is 0 Å². The molecule has 3 heterocycles. The van der Waals surface area contributed by atoms with E-state index in [9.17, 15) is 10.1 Å². The van der Waals surface area contributed by atoms with Crippen molar-refractivity contribution >= 4 is 23.1 Å². The van der Waals surface area contributed by atoms with Crippen molar-refractivity contribution in [1.82, 2.24) is 9.97 Å². The average Bonchev–Trinajstić information content (AvgIpc) is 2.74. The molecule has 0 bridgehead atoms. The fourth-order valence-corrected chi connectivity index (χ4v) is 4.14. The molecule has 0 radical (unpaired) electrons. The minimum Gasteiger partial charge on any atom is -0.368 e. The number of hydrogen-bond donors (Lipinski definition) is 0. The second-order valence-electron chi connectivity index (χ2n) is 8.02. The predicted octanol–water partition coefficient (Wildman–Crippen LogP) is 3.26. The van der Waals surface area contributed by atoms with Gasteiger partial charge in [0, 0.05) is 45.0 Å². The predicted molar refractivity (Wildman–Crippen MR) is 115 cm³/mol. The highest BCUT2D eigenvalue weighted by molar-refractivity contribution is 5.64. The Morgan fingerprint density at radius 2 is 1.55 bits per heavy atom. The maximum atomic E-state index is 11.8. The summed E-state index contributed by atoms with van der Waals surface area (Å²) in [6.07, 6.45) is 2.20. The molecule has 8 nitrogen and oxygen atoms in total. The quantitative estimate of drug-likeness (QED) is 0.580. The SMILES string of the molecule is Cc1nc(N2CCC(C)CC2)nc(N2CCN(c3ccccc3)CC2)c1[N+](=O)[O-]. The first-order chi connectivity index (χ1) is 14.0. The largest absolute Gasteiger partial charge is 0.368 e. The third-order valence-electron chi connectivity index (χ3n) is 5.98. The zero-order valence-electron chi connectivity index (χ0n) is 17.1. The van der Waals surface area contributed by atoms with Crippen molar-refractivity contribution < 1.29 is 4.92 Å². The van der Waals surface area contributed by atoms with Gasteiger partial charge in [-0.2, -0.15) is 4.98 Å². The Hall–Kier alpha value is -2.90. The lowest BCUT2D eigenvalue weighted by molar-refractivity contribution is -0.385. The van der Waals surface area contributed by atoms with Gasteiger partial charge >= 0.3 is 5.69 Å². The molecule has 2 aliphatic heterocycles.